The lowest BCUT2D eigenvalue weighted by molar-refractivity contribution is -0.112. The van der Waals surface area contributed by atoms with Crippen molar-refractivity contribution in [3.8, 4) is 0 Å². The summed E-state index contributed by atoms with van der Waals surface area (Å²) >= 11 is 0. The summed E-state index contributed by atoms with van der Waals surface area (Å²) in [6.45, 7) is 3.55. The van der Waals surface area contributed by atoms with Crippen LogP contribution in [0, 0.1) is 5.92 Å². The molecule has 0 fully saturated rings. The third-order valence-electron chi connectivity index (χ3n) is 1.70. The zero-order valence-electron chi connectivity index (χ0n) is 6.87. The molecule has 0 spiro atoms. The second-order valence-electron chi connectivity index (χ2n) is 2.79. The number of hydrogen-bond acceptors (Lipinski definition) is 1. The minimum Gasteiger partial charge on any atom is -0.295 e. The number of ketones is 1. The predicted molar refractivity (Wildman–Crippen MR) is 46.2 cm³/mol. The van der Waals surface area contributed by atoms with Gasteiger partial charge in [-0.2, -0.15) is 0 Å². The van der Waals surface area contributed by atoms with E-state index in [0.29, 0.717) is 5.92 Å². The van der Waals surface area contributed by atoms with Gasteiger partial charge in [0.05, 0.1) is 0 Å². The van der Waals surface area contributed by atoms with Crippen LogP contribution in [0.25, 0.3) is 0 Å². The zero-order chi connectivity index (χ0) is 8.27. The highest BCUT2D eigenvalue weighted by molar-refractivity contribution is 5.88. The van der Waals surface area contributed by atoms with E-state index in [9.17, 15) is 4.79 Å². The summed E-state index contributed by atoms with van der Waals surface area (Å²) in [6.07, 6.45) is 9.85. The molecule has 0 radical (unpaired) electrons. The van der Waals surface area contributed by atoms with Gasteiger partial charge in [0.2, 0.25) is 0 Å². The maximum atomic E-state index is 10.7. The molecule has 0 heterocycles. The van der Waals surface area contributed by atoms with Gasteiger partial charge in [0.1, 0.15) is 0 Å². The van der Waals surface area contributed by atoms with Crippen LogP contribution in [-0.2, 0) is 4.79 Å². The van der Waals surface area contributed by atoms with Crippen LogP contribution in [0.5, 0.6) is 0 Å². The predicted octanol–water partition coefficient (Wildman–Crippen LogP) is 2.26. The van der Waals surface area contributed by atoms with E-state index in [1.54, 1.807) is 13.0 Å². The molecule has 1 aliphatic carbocycles. The first-order valence-corrected chi connectivity index (χ1v) is 3.74. The lowest BCUT2D eigenvalue weighted by Gasteiger charge is -2.03. The molecular formula is C10H12O. The van der Waals surface area contributed by atoms with E-state index in [0.717, 1.165) is 5.57 Å². The van der Waals surface area contributed by atoms with Crippen LogP contribution in [-0.4, -0.2) is 5.78 Å². The van der Waals surface area contributed by atoms with Crippen molar-refractivity contribution < 1.29 is 4.79 Å². The van der Waals surface area contributed by atoms with Crippen molar-refractivity contribution in [1.82, 2.24) is 0 Å². The molecular weight excluding hydrogens is 136 g/mol. The van der Waals surface area contributed by atoms with E-state index >= 15 is 0 Å². The molecule has 0 aromatic heterocycles. The topological polar surface area (TPSA) is 17.1 Å². The summed E-state index contributed by atoms with van der Waals surface area (Å²) in [5, 5.41) is 0. The van der Waals surface area contributed by atoms with Gasteiger partial charge in [0.25, 0.3) is 0 Å². The average Bonchev–Trinajstić information content (AvgIpc) is 2.35. The Hall–Kier alpha value is -1.11. The summed E-state index contributed by atoms with van der Waals surface area (Å²) in [4.78, 5) is 10.7. The molecule has 11 heavy (non-hydrogen) atoms. The number of rotatable bonds is 2. The summed E-state index contributed by atoms with van der Waals surface area (Å²) in [7, 11) is 0. The third kappa shape index (κ3) is 2.19. The summed E-state index contributed by atoms with van der Waals surface area (Å²) in [5.41, 5.74) is 1.11. The molecule has 0 N–H and O–H groups in total. The molecule has 58 valence electrons. The fourth-order valence-corrected chi connectivity index (χ4v) is 1.15. The highest BCUT2D eigenvalue weighted by Gasteiger charge is 2.05. The summed E-state index contributed by atoms with van der Waals surface area (Å²) in [5.74, 6) is 0.468. The molecule has 0 bridgehead atoms. The van der Waals surface area contributed by atoms with Crippen molar-refractivity contribution >= 4 is 5.78 Å². The second-order valence-corrected chi connectivity index (χ2v) is 2.79. The van der Waals surface area contributed by atoms with Gasteiger partial charge in [-0.25, -0.2) is 0 Å². The Morgan fingerprint density at radius 3 is 2.27 bits per heavy atom. The smallest absolute Gasteiger partial charge is 0.152 e. The molecule has 1 aliphatic rings. The Bertz CT molecular complexity index is 232. The fourth-order valence-electron chi connectivity index (χ4n) is 1.15. The molecule has 0 aliphatic heterocycles. The highest BCUT2D eigenvalue weighted by atomic mass is 16.1. The second kappa shape index (κ2) is 3.33. The largest absolute Gasteiger partial charge is 0.295 e. The van der Waals surface area contributed by atoms with Gasteiger partial charge in [-0.3, -0.25) is 4.79 Å². The Morgan fingerprint density at radius 1 is 1.27 bits per heavy atom. The van der Waals surface area contributed by atoms with Crippen molar-refractivity contribution in [3.63, 3.8) is 0 Å². The molecule has 1 rings (SSSR count). The minimum absolute atomic E-state index is 0.121. The Kier molecular flexibility index (Phi) is 2.42. The molecule has 0 saturated carbocycles. The van der Waals surface area contributed by atoms with E-state index < -0.39 is 0 Å². The van der Waals surface area contributed by atoms with Crippen molar-refractivity contribution in [2.24, 2.45) is 5.92 Å². The standard InChI is InChI=1S/C10H12O/c1-8(7-9(2)11)10-5-3-4-6-10/h3-7,10H,1-2H3/b8-7-. The first-order valence-electron chi connectivity index (χ1n) is 3.74. The quantitative estimate of drug-likeness (QED) is 0.549. The minimum atomic E-state index is 0.121. The van der Waals surface area contributed by atoms with Gasteiger partial charge in [-0.05, 0) is 19.9 Å². The lowest BCUT2D eigenvalue weighted by Crippen LogP contribution is -1.94. The van der Waals surface area contributed by atoms with Gasteiger partial charge in [-0.15, -0.1) is 0 Å². The van der Waals surface area contributed by atoms with Gasteiger partial charge >= 0.3 is 0 Å². The fraction of sp³-hybridized carbons (Fsp3) is 0.300. The van der Waals surface area contributed by atoms with Gasteiger partial charge < -0.3 is 0 Å². The van der Waals surface area contributed by atoms with Crippen LogP contribution in [0.3, 0.4) is 0 Å². The van der Waals surface area contributed by atoms with Crippen LogP contribution in [0.4, 0.5) is 0 Å². The van der Waals surface area contributed by atoms with E-state index in [1.165, 1.54) is 0 Å². The van der Waals surface area contributed by atoms with Crippen molar-refractivity contribution in [2.45, 2.75) is 13.8 Å². The first kappa shape index (κ1) is 7.99. The van der Waals surface area contributed by atoms with E-state index in [-0.39, 0.29) is 5.78 Å². The van der Waals surface area contributed by atoms with E-state index in [4.69, 9.17) is 0 Å². The highest BCUT2D eigenvalue weighted by Crippen LogP contribution is 2.17. The number of allylic oxidation sites excluding steroid dienone is 6. The lowest BCUT2D eigenvalue weighted by atomic mass is 10.0. The van der Waals surface area contributed by atoms with Gasteiger partial charge in [-0.1, -0.05) is 29.9 Å². The van der Waals surface area contributed by atoms with Crippen molar-refractivity contribution in [1.29, 1.82) is 0 Å². The number of carbonyl (C=O) groups is 1. The molecule has 0 unspecified atom stereocenters. The van der Waals surface area contributed by atoms with Crippen LogP contribution in [0.15, 0.2) is 36.0 Å². The van der Waals surface area contributed by atoms with Crippen LogP contribution in [0.2, 0.25) is 0 Å². The van der Waals surface area contributed by atoms with Crippen molar-refractivity contribution in [2.75, 3.05) is 0 Å². The summed E-state index contributed by atoms with van der Waals surface area (Å²) < 4.78 is 0. The maximum absolute atomic E-state index is 10.7. The Balaban J connectivity index is 2.67. The SMILES string of the molecule is CC(=O)/C=C(/C)C1C=CC=C1. The molecule has 0 saturated heterocycles. The van der Waals surface area contributed by atoms with Crippen LogP contribution >= 0.6 is 0 Å². The average molecular weight is 148 g/mol. The maximum Gasteiger partial charge on any atom is 0.152 e. The molecule has 1 heteroatoms. The zero-order valence-corrected chi connectivity index (χ0v) is 6.87. The number of carbonyl (C=O) groups excluding carboxylic acids is 1. The normalized spacial score (nSPS) is 17.8. The van der Waals surface area contributed by atoms with Crippen LogP contribution < -0.4 is 0 Å². The van der Waals surface area contributed by atoms with Crippen molar-refractivity contribution in [3.05, 3.63) is 36.0 Å². The molecule has 0 aromatic rings. The summed E-state index contributed by atoms with van der Waals surface area (Å²) in [6, 6.07) is 0. The molecule has 0 amide bonds. The molecule has 0 aromatic carbocycles. The monoisotopic (exact) mass is 148 g/mol. The first-order chi connectivity index (χ1) is 5.20. The van der Waals surface area contributed by atoms with E-state index in [1.807, 2.05) is 19.1 Å². The Morgan fingerprint density at radius 2 is 1.82 bits per heavy atom. The van der Waals surface area contributed by atoms with Gasteiger partial charge in [0, 0.05) is 5.92 Å². The van der Waals surface area contributed by atoms with Gasteiger partial charge in [0.15, 0.2) is 5.78 Å². The molecule has 0 atom stereocenters. The van der Waals surface area contributed by atoms with E-state index in [2.05, 4.69) is 12.2 Å². The number of hydrogen-bond donors (Lipinski definition) is 0. The Labute approximate surface area is 67.1 Å². The van der Waals surface area contributed by atoms with Crippen LogP contribution in [0.1, 0.15) is 13.8 Å². The molecule has 1 nitrogen and oxygen atoms in total. The third-order valence-corrected chi connectivity index (χ3v) is 1.70.